The van der Waals surface area contributed by atoms with Crippen molar-refractivity contribution in [1.82, 2.24) is 19.7 Å². The minimum atomic E-state index is -0.149. The number of carbonyl (C=O) groups excluding carboxylic acids is 1. The van der Waals surface area contributed by atoms with Crippen molar-refractivity contribution in [3.8, 4) is 11.5 Å². The third-order valence-electron chi connectivity index (χ3n) is 5.83. The van der Waals surface area contributed by atoms with Crippen molar-refractivity contribution in [3.05, 3.63) is 29.6 Å². The van der Waals surface area contributed by atoms with Gasteiger partial charge in [-0.15, -0.1) is 0 Å². The van der Waals surface area contributed by atoms with E-state index in [0.717, 1.165) is 49.7 Å². The second kappa shape index (κ2) is 10.5. The molecule has 1 amide bonds. The number of rotatable bonds is 9. The molecule has 3 heterocycles. The SMILES string of the molecule is CCn1nc(C(=O)N(CCCN2CCOCC2)c2nc3c(OC)ccc(OC)c3s2)cc1C. The van der Waals surface area contributed by atoms with E-state index in [1.807, 2.05) is 36.7 Å². The molecule has 9 nitrogen and oxygen atoms in total. The summed E-state index contributed by atoms with van der Waals surface area (Å²) in [4.78, 5) is 22.5. The number of amides is 1. The van der Waals surface area contributed by atoms with Gasteiger partial charge in [-0.2, -0.15) is 5.10 Å². The molecule has 1 aromatic carbocycles. The predicted molar refractivity (Wildman–Crippen MR) is 129 cm³/mol. The van der Waals surface area contributed by atoms with Gasteiger partial charge in [-0.25, -0.2) is 4.98 Å². The number of methoxy groups -OCH3 is 2. The van der Waals surface area contributed by atoms with Crippen molar-refractivity contribution >= 4 is 32.6 Å². The van der Waals surface area contributed by atoms with E-state index in [1.165, 1.54) is 11.3 Å². The summed E-state index contributed by atoms with van der Waals surface area (Å²) in [5.41, 5.74) is 2.08. The summed E-state index contributed by atoms with van der Waals surface area (Å²) in [6.45, 7) is 9.48. The van der Waals surface area contributed by atoms with Crippen LogP contribution in [0.4, 0.5) is 5.13 Å². The number of aromatic nitrogens is 3. The standard InChI is InChI=1S/C23H31N5O4S/c1-5-28-16(2)15-17(25-28)22(29)27(10-6-9-26-11-13-32-14-12-26)23-24-20-18(30-3)7-8-19(31-4)21(20)33-23/h7-8,15H,5-6,9-14H2,1-4H3. The summed E-state index contributed by atoms with van der Waals surface area (Å²) in [6.07, 6.45) is 0.823. The second-order valence-corrected chi connectivity index (χ2v) is 8.87. The van der Waals surface area contributed by atoms with Crippen LogP contribution < -0.4 is 14.4 Å². The number of anilines is 1. The van der Waals surface area contributed by atoms with Crippen molar-refractivity contribution in [2.45, 2.75) is 26.8 Å². The number of hydrogen-bond donors (Lipinski definition) is 0. The fourth-order valence-electron chi connectivity index (χ4n) is 4.02. The van der Waals surface area contributed by atoms with E-state index in [2.05, 4.69) is 10.00 Å². The first-order valence-electron chi connectivity index (χ1n) is 11.2. The summed E-state index contributed by atoms with van der Waals surface area (Å²) in [6, 6.07) is 5.54. The van der Waals surface area contributed by atoms with Crippen molar-refractivity contribution in [1.29, 1.82) is 0 Å². The van der Waals surface area contributed by atoms with Crippen LogP contribution in [0.3, 0.4) is 0 Å². The third kappa shape index (κ3) is 4.97. The fourth-order valence-corrected chi connectivity index (χ4v) is 5.12. The molecular formula is C23H31N5O4S. The first kappa shape index (κ1) is 23.5. The Labute approximate surface area is 197 Å². The van der Waals surface area contributed by atoms with Crippen LogP contribution in [0.2, 0.25) is 0 Å². The van der Waals surface area contributed by atoms with Crippen molar-refractivity contribution in [3.63, 3.8) is 0 Å². The van der Waals surface area contributed by atoms with Crippen molar-refractivity contribution in [2.24, 2.45) is 0 Å². The Morgan fingerprint density at radius 3 is 2.61 bits per heavy atom. The fraction of sp³-hybridized carbons (Fsp3) is 0.522. The van der Waals surface area contributed by atoms with Gasteiger partial charge in [0, 0.05) is 38.4 Å². The zero-order chi connectivity index (χ0) is 23.4. The number of thiazole rings is 1. The van der Waals surface area contributed by atoms with E-state index in [-0.39, 0.29) is 5.91 Å². The van der Waals surface area contributed by atoms with Crippen LogP contribution >= 0.6 is 11.3 Å². The van der Waals surface area contributed by atoms with Gasteiger partial charge in [0.05, 0.1) is 27.4 Å². The lowest BCUT2D eigenvalue weighted by Gasteiger charge is -2.27. The van der Waals surface area contributed by atoms with Crippen LogP contribution in [0.5, 0.6) is 11.5 Å². The molecule has 0 bridgehead atoms. The lowest BCUT2D eigenvalue weighted by Crippen LogP contribution is -2.39. The van der Waals surface area contributed by atoms with E-state index >= 15 is 0 Å². The van der Waals surface area contributed by atoms with Gasteiger partial charge in [0.25, 0.3) is 5.91 Å². The normalized spacial score (nSPS) is 14.5. The maximum Gasteiger partial charge on any atom is 0.280 e. The molecule has 0 N–H and O–H groups in total. The Kier molecular flexibility index (Phi) is 7.46. The molecular weight excluding hydrogens is 442 g/mol. The smallest absolute Gasteiger partial charge is 0.280 e. The average Bonchev–Trinajstić information content (AvgIpc) is 3.45. The van der Waals surface area contributed by atoms with E-state index in [4.69, 9.17) is 19.2 Å². The number of nitrogens with zero attached hydrogens (tertiary/aromatic N) is 5. The lowest BCUT2D eigenvalue weighted by atomic mass is 10.3. The number of hydrogen-bond acceptors (Lipinski definition) is 8. The number of carbonyl (C=O) groups is 1. The van der Waals surface area contributed by atoms with E-state index in [0.29, 0.717) is 40.9 Å². The summed E-state index contributed by atoms with van der Waals surface area (Å²) < 4.78 is 19.2. The van der Waals surface area contributed by atoms with Gasteiger partial charge >= 0.3 is 0 Å². The monoisotopic (exact) mass is 473 g/mol. The molecule has 178 valence electrons. The maximum atomic E-state index is 13.6. The molecule has 3 aromatic rings. The number of morpholine rings is 1. The zero-order valence-electron chi connectivity index (χ0n) is 19.7. The lowest BCUT2D eigenvalue weighted by molar-refractivity contribution is 0.0376. The van der Waals surface area contributed by atoms with Gasteiger partial charge in [0.15, 0.2) is 10.8 Å². The predicted octanol–water partition coefficient (Wildman–Crippen LogP) is 3.21. The van der Waals surface area contributed by atoms with E-state index in [9.17, 15) is 4.79 Å². The summed E-state index contributed by atoms with van der Waals surface area (Å²) in [5, 5.41) is 5.13. The number of ether oxygens (including phenoxy) is 3. The van der Waals surface area contributed by atoms with Gasteiger partial charge in [0.2, 0.25) is 0 Å². The van der Waals surface area contributed by atoms with Crippen LogP contribution in [0.15, 0.2) is 18.2 Å². The van der Waals surface area contributed by atoms with Crippen LogP contribution in [0, 0.1) is 6.92 Å². The topological polar surface area (TPSA) is 82.0 Å². The second-order valence-electron chi connectivity index (χ2n) is 7.90. The number of fused-ring (bicyclic) bond motifs is 1. The molecule has 1 saturated heterocycles. The van der Waals surface area contributed by atoms with Gasteiger partial charge < -0.3 is 14.2 Å². The minimum Gasteiger partial charge on any atom is -0.495 e. The van der Waals surface area contributed by atoms with Gasteiger partial charge in [-0.1, -0.05) is 11.3 Å². The van der Waals surface area contributed by atoms with Crippen LogP contribution in [0.1, 0.15) is 29.5 Å². The molecule has 10 heteroatoms. The molecule has 0 radical (unpaired) electrons. The highest BCUT2D eigenvalue weighted by Crippen LogP contribution is 2.40. The Morgan fingerprint density at radius 1 is 1.21 bits per heavy atom. The molecule has 1 aliphatic rings. The molecule has 1 aliphatic heterocycles. The Balaban J connectivity index is 1.65. The molecule has 2 aromatic heterocycles. The molecule has 0 aliphatic carbocycles. The van der Waals surface area contributed by atoms with Crippen LogP contribution in [0.25, 0.3) is 10.2 Å². The highest BCUT2D eigenvalue weighted by Gasteiger charge is 2.26. The molecule has 0 atom stereocenters. The van der Waals surface area contributed by atoms with Gasteiger partial charge in [0.1, 0.15) is 21.7 Å². The molecule has 0 saturated carbocycles. The highest BCUT2D eigenvalue weighted by molar-refractivity contribution is 7.22. The van der Waals surface area contributed by atoms with Crippen LogP contribution in [-0.4, -0.2) is 79.2 Å². The molecule has 33 heavy (non-hydrogen) atoms. The number of benzene rings is 1. The molecule has 0 unspecified atom stereocenters. The van der Waals surface area contributed by atoms with Crippen molar-refractivity contribution < 1.29 is 19.0 Å². The maximum absolute atomic E-state index is 13.6. The molecule has 0 spiro atoms. The third-order valence-corrected chi connectivity index (χ3v) is 6.93. The Morgan fingerprint density at radius 2 is 1.94 bits per heavy atom. The van der Waals surface area contributed by atoms with Gasteiger partial charge in [-0.05, 0) is 38.5 Å². The number of aryl methyl sites for hydroxylation is 2. The molecule has 4 rings (SSSR count). The summed E-state index contributed by atoms with van der Waals surface area (Å²) in [7, 11) is 3.25. The summed E-state index contributed by atoms with van der Waals surface area (Å²) >= 11 is 1.43. The Bertz CT molecular complexity index is 1060. The largest absolute Gasteiger partial charge is 0.495 e. The van der Waals surface area contributed by atoms with Crippen LogP contribution in [-0.2, 0) is 11.3 Å². The van der Waals surface area contributed by atoms with Gasteiger partial charge in [-0.3, -0.25) is 19.3 Å². The first-order chi connectivity index (χ1) is 16.0. The zero-order valence-corrected chi connectivity index (χ0v) is 20.5. The van der Waals surface area contributed by atoms with Crippen molar-refractivity contribution in [2.75, 3.05) is 58.5 Å². The van der Waals surface area contributed by atoms with E-state index in [1.54, 1.807) is 19.1 Å². The molecule has 1 fully saturated rings. The average molecular weight is 474 g/mol. The summed E-state index contributed by atoms with van der Waals surface area (Å²) in [5.74, 6) is 1.21. The van der Waals surface area contributed by atoms with E-state index < -0.39 is 0 Å². The highest BCUT2D eigenvalue weighted by atomic mass is 32.1. The Hall–Kier alpha value is -2.69. The quantitative estimate of drug-likeness (QED) is 0.472. The first-order valence-corrected chi connectivity index (χ1v) is 12.0. The minimum absolute atomic E-state index is 0.149.